The molecule has 4 fully saturated rings. The Balaban J connectivity index is 1.45. The zero-order valence-corrected chi connectivity index (χ0v) is 15.6. The smallest absolute Gasteiger partial charge is 0.139 e. The summed E-state index contributed by atoms with van der Waals surface area (Å²) in [6.45, 7) is 2.29. The van der Waals surface area contributed by atoms with Gasteiger partial charge in [0, 0.05) is 11.8 Å². The highest BCUT2D eigenvalue weighted by Crippen LogP contribution is 2.61. The molecule has 0 amide bonds. The van der Waals surface area contributed by atoms with Gasteiger partial charge in [0.2, 0.25) is 0 Å². The summed E-state index contributed by atoms with van der Waals surface area (Å²) in [6.07, 6.45) is 13.9. The molecule has 0 aromatic heterocycles. The van der Waals surface area contributed by atoms with Crippen LogP contribution in [-0.4, -0.2) is 24.1 Å². The fourth-order valence-corrected chi connectivity index (χ4v) is 7.23. The number of carbonyl (C=O) groups is 1. The summed E-state index contributed by atoms with van der Waals surface area (Å²) in [5.41, 5.74) is 0.0483. The average Bonchev–Trinajstić information content (AvgIpc) is 2.88. The molecule has 0 bridgehead atoms. The summed E-state index contributed by atoms with van der Waals surface area (Å²) in [6, 6.07) is 0. The summed E-state index contributed by atoms with van der Waals surface area (Å²) < 4.78 is 6.03. The van der Waals surface area contributed by atoms with Gasteiger partial charge >= 0.3 is 0 Å². The van der Waals surface area contributed by atoms with Crippen LogP contribution in [0.5, 0.6) is 0 Å². The van der Waals surface area contributed by atoms with E-state index in [1.165, 1.54) is 51.4 Å². The van der Waals surface area contributed by atoms with Gasteiger partial charge < -0.3 is 4.74 Å². The van der Waals surface area contributed by atoms with E-state index in [4.69, 9.17) is 4.74 Å². The van der Waals surface area contributed by atoms with E-state index >= 15 is 0 Å². The molecule has 0 radical (unpaired) electrons. The minimum Gasteiger partial charge on any atom is -0.368 e. The number of hydrogen-bond donors (Lipinski definition) is 0. The van der Waals surface area contributed by atoms with E-state index < -0.39 is 0 Å². The predicted molar refractivity (Wildman–Crippen MR) is 95.4 cm³/mol. The van der Waals surface area contributed by atoms with Gasteiger partial charge in [0.15, 0.2) is 0 Å². The Kier molecular flexibility index (Phi) is 4.55. The third-order valence-electron chi connectivity index (χ3n) is 8.04. The molecule has 4 aliphatic rings. The summed E-state index contributed by atoms with van der Waals surface area (Å²) in [4.78, 5) is 12.4. The molecule has 23 heavy (non-hydrogen) atoms. The van der Waals surface area contributed by atoms with Gasteiger partial charge in [-0.15, -0.1) is 11.8 Å². The number of hydrogen-bond acceptors (Lipinski definition) is 3. The van der Waals surface area contributed by atoms with Crippen molar-refractivity contribution in [1.29, 1.82) is 0 Å². The van der Waals surface area contributed by atoms with E-state index in [2.05, 4.69) is 13.2 Å². The van der Waals surface area contributed by atoms with Gasteiger partial charge in [-0.2, -0.15) is 0 Å². The van der Waals surface area contributed by atoms with Crippen LogP contribution in [0.2, 0.25) is 0 Å². The number of ketones is 1. The molecule has 0 heterocycles. The van der Waals surface area contributed by atoms with E-state index in [-0.39, 0.29) is 5.41 Å². The highest BCUT2D eigenvalue weighted by molar-refractivity contribution is 7.98. The van der Waals surface area contributed by atoms with E-state index in [0.717, 1.165) is 36.0 Å². The summed E-state index contributed by atoms with van der Waals surface area (Å²) in [5, 5.41) is 0. The first-order valence-electron chi connectivity index (χ1n) is 9.77. The Morgan fingerprint density at radius 3 is 2.74 bits per heavy atom. The molecule has 0 aromatic rings. The number of Topliss-reactive ketones (excluding diaryl/α,β-unsaturated/α-hetero) is 1. The lowest BCUT2D eigenvalue weighted by Crippen LogP contribution is -2.49. The fraction of sp³-hybridized carbons (Fsp3) is 0.950. The molecule has 0 spiro atoms. The minimum absolute atomic E-state index is 0.0483. The lowest BCUT2D eigenvalue weighted by molar-refractivity contribution is -0.133. The molecule has 0 N–H and O–H groups in total. The molecular weight excluding hydrogens is 304 g/mol. The van der Waals surface area contributed by atoms with Crippen molar-refractivity contribution in [3.63, 3.8) is 0 Å². The van der Waals surface area contributed by atoms with Crippen LogP contribution in [0.3, 0.4) is 0 Å². The monoisotopic (exact) mass is 336 g/mol. The lowest BCUT2D eigenvalue weighted by atomic mass is 9.50. The Morgan fingerprint density at radius 1 is 1.09 bits per heavy atom. The van der Waals surface area contributed by atoms with Crippen molar-refractivity contribution < 1.29 is 9.53 Å². The van der Waals surface area contributed by atoms with Gasteiger partial charge in [-0.25, -0.2) is 0 Å². The third-order valence-corrected chi connectivity index (χ3v) is 8.41. The van der Waals surface area contributed by atoms with E-state index in [1.54, 1.807) is 11.8 Å². The molecule has 130 valence electrons. The molecule has 6 unspecified atom stereocenters. The van der Waals surface area contributed by atoms with Gasteiger partial charge in [-0.3, -0.25) is 4.79 Å². The molecule has 4 rings (SSSR count). The summed E-state index contributed by atoms with van der Waals surface area (Å²) in [7, 11) is 0. The molecule has 3 heteroatoms. The van der Waals surface area contributed by atoms with Gasteiger partial charge in [-0.1, -0.05) is 6.92 Å². The molecule has 0 aromatic carbocycles. The van der Waals surface area contributed by atoms with E-state index in [0.29, 0.717) is 17.8 Å². The fourth-order valence-electron chi connectivity index (χ4n) is 6.90. The molecule has 4 saturated carbocycles. The molecule has 7 atom stereocenters. The van der Waals surface area contributed by atoms with Crippen molar-refractivity contribution in [2.75, 3.05) is 12.2 Å². The zero-order chi connectivity index (χ0) is 16.0. The van der Waals surface area contributed by atoms with Crippen molar-refractivity contribution in [1.82, 2.24) is 0 Å². The van der Waals surface area contributed by atoms with Gasteiger partial charge in [0.25, 0.3) is 0 Å². The van der Waals surface area contributed by atoms with Crippen LogP contribution in [-0.2, 0) is 9.53 Å². The second kappa shape index (κ2) is 6.37. The number of carbonyl (C=O) groups excluding carboxylic acids is 1. The zero-order valence-electron chi connectivity index (χ0n) is 14.8. The molecule has 0 saturated heterocycles. The van der Waals surface area contributed by atoms with Crippen molar-refractivity contribution in [2.24, 2.45) is 35.0 Å². The lowest BCUT2D eigenvalue weighted by Gasteiger charge is -2.54. The number of ether oxygens (including phenoxy) is 1. The van der Waals surface area contributed by atoms with Gasteiger partial charge in [-0.05, 0) is 87.2 Å². The number of rotatable bonds is 3. The normalized spacial score (nSPS) is 49.4. The topological polar surface area (TPSA) is 26.3 Å². The Hall–Kier alpha value is -0.0200. The summed E-state index contributed by atoms with van der Waals surface area (Å²) in [5.74, 6) is 5.75. The van der Waals surface area contributed by atoms with Crippen LogP contribution in [0.1, 0.15) is 64.7 Å². The van der Waals surface area contributed by atoms with Crippen LogP contribution in [0.25, 0.3) is 0 Å². The second-order valence-corrected chi connectivity index (χ2v) is 9.67. The first-order valence-corrected chi connectivity index (χ1v) is 11.2. The maximum Gasteiger partial charge on any atom is 0.139 e. The Morgan fingerprint density at radius 2 is 1.91 bits per heavy atom. The Labute approximate surface area is 145 Å². The van der Waals surface area contributed by atoms with Crippen LogP contribution < -0.4 is 0 Å². The number of fused-ring (bicyclic) bond motifs is 5. The standard InChI is InChI=1S/C20H32O2S/c1-20-10-9-16-15-6-4-14(22-12-23-2)11-13(15)3-5-17(16)18(20)7-8-19(20)21/h13-18H,3-12H2,1-2H3/t13?,14?,15?,16?,17?,18?,20-/m0/s1. The van der Waals surface area contributed by atoms with Crippen molar-refractivity contribution in [3.8, 4) is 0 Å². The molecule has 0 aliphatic heterocycles. The van der Waals surface area contributed by atoms with Crippen LogP contribution in [0, 0.1) is 35.0 Å². The minimum atomic E-state index is 0.0483. The van der Waals surface area contributed by atoms with Crippen molar-refractivity contribution in [3.05, 3.63) is 0 Å². The second-order valence-electron chi connectivity index (χ2n) is 8.86. The van der Waals surface area contributed by atoms with Crippen LogP contribution >= 0.6 is 11.8 Å². The van der Waals surface area contributed by atoms with Crippen LogP contribution in [0.15, 0.2) is 0 Å². The highest BCUT2D eigenvalue weighted by Gasteiger charge is 2.56. The summed E-state index contributed by atoms with van der Waals surface area (Å²) >= 11 is 1.80. The SMILES string of the molecule is CSCOC1CCC2C(CCC3C2CC[C@]2(C)C(=O)CCC32)C1. The first-order chi connectivity index (χ1) is 11.1. The quantitative estimate of drug-likeness (QED) is 0.685. The maximum absolute atomic E-state index is 12.4. The van der Waals surface area contributed by atoms with Gasteiger partial charge in [0.05, 0.1) is 12.0 Å². The molecule has 4 aliphatic carbocycles. The maximum atomic E-state index is 12.4. The van der Waals surface area contributed by atoms with Crippen LogP contribution in [0.4, 0.5) is 0 Å². The van der Waals surface area contributed by atoms with Crippen molar-refractivity contribution >= 4 is 17.5 Å². The predicted octanol–water partition coefficient (Wildman–Crippen LogP) is 4.91. The first kappa shape index (κ1) is 16.4. The van der Waals surface area contributed by atoms with Crippen molar-refractivity contribution in [2.45, 2.75) is 70.8 Å². The highest BCUT2D eigenvalue weighted by atomic mass is 32.2. The largest absolute Gasteiger partial charge is 0.368 e. The number of thioether (sulfide) groups is 1. The molecule has 2 nitrogen and oxygen atoms in total. The average molecular weight is 337 g/mol. The van der Waals surface area contributed by atoms with Gasteiger partial charge in [0.1, 0.15) is 5.78 Å². The van der Waals surface area contributed by atoms with E-state index in [9.17, 15) is 4.79 Å². The Bertz CT molecular complexity index is 465. The molecular formula is C20H32O2S. The third kappa shape index (κ3) is 2.70. The van der Waals surface area contributed by atoms with E-state index in [1.807, 2.05) is 0 Å².